The average Bonchev–Trinajstić information content (AvgIpc) is 3.19. The van der Waals surface area contributed by atoms with Crippen molar-refractivity contribution < 1.29 is 4.79 Å². The fraction of sp³-hybridized carbons (Fsp3) is 0.636. The van der Waals surface area contributed by atoms with E-state index >= 15 is 0 Å². The van der Waals surface area contributed by atoms with Gasteiger partial charge in [-0.2, -0.15) is 11.8 Å². The fourth-order valence-corrected chi connectivity index (χ4v) is 5.07. The molecule has 1 aromatic rings. The van der Waals surface area contributed by atoms with Gasteiger partial charge in [0.05, 0.1) is 6.54 Å². The van der Waals surface area contributed by atoms with Crippen LogP contribution in [0.3, 0.4) is 0 Å². The number of hydrogen-bond acceptors (Lipinski definition) is 4. The van der Waals surface area contributed by atoms with E-state index in [4.69, 9.17) is 4.99 Å². The number of para-hydroxylation sites is 1. The number of hydrogen-bond donors (Lipinski definition) is 2. The van der Waals surface area contributed by atoms with E-state index < -0.39 is 0 Å². The number of nitrogens with zero attached hydrogens (tertiary/aromatic N) is 3. The van der Waals surface area contributed by atoms with E-state index in [2.05, 4.69) is 53.6 Å². The van der Waals surface area contributed by atoms with Crippen LogP contribution in [0.2, 0.25) is 0 Å². The summed E-state index contributed by atoms with van der Waals surface area (Å²) in [7, 11) is 0. The zero-order chi connectivity index (χ0) is 20.5. The summed E-state index contributed by atoms with van der Waals surface area (Å²) in [6.07, 6.45) is 3.02. The van der Waals surface area contributed by atoms with Crippen molar-refractivity contribution in [1.29, 1.82) is 0 Å². The average molecular weight is 546 g/mol. The van der Waals surface area contributed by atoms with Gasteiger partial charge in [-0.3, -0.25) is 9.79 Å². The van der Waals surface area contributed by atoms with Crippen molar-refractivity contribution in [2.75, 3.05) is 56.5 Å². The van der Waals surface area contributed by atoms with Crippen molar-refractivity contribution in [3.05, 3.63) is 30.3 Å². The number of nitrogens with one attached hydrogen (secondary N) is 2. The normalized spacial score (nSPS) is 21.9. The molecule has 6 nitrogen and oxygen atoms in total. The van der Waals surface area contributed by atoms with Crippen LogP contribution in [0.15, 0.2) is 35.3 Å². The first-order valence-electron chi connectivity index (χ1n) is 10.8. The van der Waals surface area contributed by atoms with Gasteiger partial charge in [0.15, 0.2) is 5.96 Å². The molecule has 2 fully saturated rings. The van der Waals surface area contributed by atoms with Crippen molar-refractivity contribution in [2.24, 2.45) is 4.99 Å². The lowest BCUT2D eigenvalue weighted by Crippen LogP contribution is -2.49. The predicted octanol–water partition coefficient (Wildman–Crippen LogP) is 3.18. The number of benzene rings is 1. The van der Waals surface area contributed by atoms with Gasteiger partial charge in [-0.05, 0) is 44.6 Å². The minimum absolute atomic E-state index is 0. The highest BCUT2D eigenvalue weighted by molar-refractivity contribution is 14.0. The van der Waals surface area contributed by atoms with Gasteiger partial charge < -0.3 is 20.4 Å². The van der Waals surface area contributed by atoms with Crippen LogP contribution >= 0.6 is 35.7 Å². The third-order valence-corrected chi connectivity index (χ3v) is 7.12. The topological polar surface area (TPSA) is 60.0 Å². The first-order chi connectivity index (χ1) is 14.1. The van der Waals surface area contributed by atoms with Gasteiger partial charge in [-0.1, -0.05) is 18.2 Å². The van der Waals surface area contributed by atoms with Gasteiger partial charge in [0.25, 0.3) is 0 Å². The molecule has 0 aliphatic carbocycles. The Kier molecular flexibility index (Phi) is 10.6. The molecule has 0 radical (unpaired) electrons. The van der Waals surface area contributed by atoms with Gasteiger partial charge in [0, 0.05) is 56.1 Å². The lowest BCUT2D eigenvalue weighted by Gasteiger charge is -2.36. The molecule has 1 unspecified atom stereocenters. The van der Waals surface area contributed by atoms with E-state index in [1.807, 2.05) is 22.7 Å². The number of amides is 1. The smallest absolute Gasteiger partial charge is 0.224 e. The lowest BCUT2D eigenvalue weighted by molar-refractivity contribution is -0.131. The predicted molar refractivity (Wildman–Crippen MR) is 139 cm³/mol. The van der Waals surface area contributed by atoms with Crippen LogP contribution in [0.5, 0.6) is 0 Å². The molecule has 1 atom stereocenters. The third kappa shape index (κ3) is 7.51. The number of piperazine rings is 1. The zero-order valence-corrected chi connectivity index (χ0v) is 21.4. The molecule has 168 valence electrons. The highest BCUT2D eigenvalue weighted by Crippen LogP contribution is 2.37. The molecule has 3 rings (SSSR count). The number of halogens is 1. The number of anilines is 1. The van der Waals surface area contributed by atoms with Crippen LogP contribution in [0, 0.1) is 0 Å². The minimum atomic E-state index is 0. The number of thioether (sulfide) groups is 1. The Morgan fingerprint density at radius 2 is 1.90 bits per heavy atom. The van der Waals surface area contributed by atoms with Crippen LogP contribution < -0.4 is 15.5 Å². The van der Waals surface area contributed by atoms with Gasteiger partial charge >= 0.3 is 0 Å². The molecule has 30 heavy (non-hydrogen) atoms. The van der Waals surface area contributed by atoms with E-state index in [0.29, 0.717) is 13.0 Å². The molecule has 2 saturated heterocycles. The van der Waals surface area contributed by atoms with E-state index in [9.17, 15) is 4.79 Å². The number of carbonyl (C=O) groups excluding carboxylic acids is 1. The Morgan fingerprint density at radius 3 is 2.53 bits per heavy atom. The van der Waals surface area contributed by atoms with Crippen molar-refractivity contribution in [3.63, 3.8) is 0 Å². The maximum Gasteiger partial charge on any atom is 0.224 e. The monoisotopic (exact) mass is 545 g/mol. The molecule has 8 heteroatoms. The molecule has 2 aliphatic heterocycles. The summed E-state index contributed by atoms with van der Waals surface area (Å²) in [4.78, 5) is 21.7. The SMILES string of the molecule is CCNC(=NCC1(C)CCCS1)NCCC(=O)N1CCN(c2ccccc2)CC1.I. The van der Waals surface area contributed by atoms with Crippen molar-refractivity contribution in [3.8, 4) is 0 Å². The zero-order valence-electron chi connectivity index (χ0n) is 18.2. The largest absolute Gasteiger partial charge is 0.368 e. The summed E-state index contributed by atoms with van der Waals surface area (Å²) in [6.45, 7) is 10.00. The highest BCUT2D eigenvalue weighted by Gasteiger charge is 2.29. The number of guanidine groups is 1. The molecule has 2 aliphatic rings. The molecular formula is C22H36IN5OS. The summed E-state index contributed by atoms with van der Waals surface area (Å²) >= 11 is 2.02. The first-order valence-corrected chi connectivity index (χ1v) is 11.8. The number of rotatable bonds is 7. The summed E-state index contributed by atoms with van der Waals surface area (Å²) in [6, 6.07) is 10.4. The van der Waals surface area contributed by atoms with Crippen molar-refractivity contribution in [1.82, 2.24) is 15.5 Å². The van der Waals surface area contributed by atoms with Crippen LogP contribution in [0.25, 0.3) is 0 Å². The summed E-state index contributed by atoms with van der Waals surface area (Å²) < 4.78 is 0.261. The molecule has 0 bridgehead atoms. The van der Waals surface area contributed by atoms with Crippen molar-refractivity contribution >= 4 is 53.3 Å². The molecular weight excluding hydrogens is 509 g/mol. The van der Waals surface area contributed by atoms with Crippen LogP contribution in [-0.4, -0.2) is 73.1 Å². The quantitative estimate of drug-likeness (QED) is 0.313. The van der Waals surface area contributed by atoms with Gasteiger partial charge in [0.1, 0.15) is 0 Å². The van der Waals surface area contributed by atoms with E-state index in [-0.39, 0.29) is 34.6 Å². The van der Waals surface area contributed by atoms with Crippen molar-refractivity contribution in [2.45, 2.75) is 37.9 Å². The standard InChI is InChI=1S/C22H35N5OS.HI/c1-3-23-21(25-18-22(2)11-7-17-29-22)24-12-10-20(28)27-15-13-26(14-16-27)19-8-5-4-6-9-19;/h4-6,8-9H,3,7,10-18H2,1-2H3,(H2,23,24,25);1H. The maximum atomic E-state index is 12.6. The second-order valence-corrected chi connectivity index (χ2v) is 9.66. The summed E-state index contributed by atoms with van der Waals surface area (Å²) in [5.41, 5.74) is 1.24. The number of aliphatic imine (C=N–C) groups is 1. The summed E-state index contributed by atoms with van der Waals surface area (Å²) in [5.74, 6) is 2.28. The lowest BCUT2D eigenvalue weighted by atomic mass is 10.1. The van der Waals surface area contributed by atoms with Gasteiger partial charge in [-0.15, -0.1) is 24.0 Å². The Labute approximate surface area is 202 Å². The highest BCUT2D eigenvalue weighted by atomic mass is 127. The molecule has 2 N–H and O–H groups in total. The molecule has 0 spiro atoms. The Hall–Kier alpha value is -1.16. The second-order valence-electron chi connectivity index (χ2n) is 7.98. The summed E-state index contributed by atoms with van der Waals surface area (Å²) in [5, 5.41) is 6.64. The second kappa shape index (κ2) is 12.6. The molecule has 1 amide bonds. The van der Waals surface area contributed by atoms with E-state index in [1.165, 1.54) is 24.3 Å². The van der Waals surface area contributed by atoms with Crippen LogP contribution in [-0.2, 0) is 4.79 Å². The fourth-order valence-electron chi connectivity index (χ4n) is 3.85. The van der Waals surface area contributed by atoms with Crippen LogP contribution in [0.1, 0.15) is 33.1 Å². The molecule has 0 aromatic heterocycles. The molecule has 2 heterocycles. The van der Waals surface area contributed by atoms with Crippen LogP contribution in [0.4, 0.5) is 5.69 Å². The van der Waals surface area contributed by atoms with E-state index in [0.717, 1.165) is 45.2 Å². The third-order valence-electron chi connectivity index (χ3n) is 5.60. The van der Waals surface area contributed by atoms with Gasteiger partial charge in [-0.25, -0.2) is 0 Å². The first kappa shape index (κ1) is 25.1. The minimum Gasteiger partial charge on any atom is -0.368 e. The Balaban J connectivity index is 0.00000320. The molecule has 1 aromatic carbocycles. The van der Waals surface area contributed by atoms with E-state index in [1.54, 1.807) is 0 Å². The Morgan fingerprint density at radius 1 is 1.17 bits per heavy atom. The Bertz CT molecular complexity index is 673. The molecule has 0 saturated carbocycles. The van der Waals surface area contributed by atoms with Gasteiger partial charge in [0.2, 0.25) is 5.91 Å². The number of carbonyl (C=O) groups is 1. The maximum absolute atomic E-state index is 12.6.